The highest BCUT2D eigenvalue weighted by molar-refractivity contribution is 7.84. The van der Waals surface area contributed by atoms with Crippen molar-refractivity contribution in [1.29, 1.82) is 0 Å². The number of hydrogen-bond donors (Lipinski definition) is 1. The van der Waals surface area contributed by atoms with E-state index in [1.54, 1.807) is 0 Å². The summed E-state index contributed by atoms with van der Waals surface area (Å²) in [4.78, 5) is 4.56. The summed E-state index contributed by atoms with van der Waals surface area (Å²) in [5.41, 5.74) is 2.58. The van der Waals surface area contributed by atoms with Gasteiger partial charge in [-0.25, -0.2) is 8.93 Å². The fourth-order valence-electron chi connectivity index (χ4n) is 1.87. The second-order valence-corrected chi connectivity index (χ2v) is 8.76. The predicted molar refractivity (Wildman–Crippen MR) is 90.7 cm³/mol. The van der Waals surface area contributed by atoms with Crippen LogP contribution < -0.4 is 4.72 Å². The summed E-state index contributed by atoms with van der Waals surface area (Å²) in [6.07, 6.45) is 4.39. The van der Waals surface area contributed by atoms with Gasteiger partial charge in [-0.1, -0.05) is 13.0 Å². The minimum atomic E-state index is -1.06. The molecule has 1 aliphatic rings. The summed E-state index contributed by atoms with van der Waals surface area (Å²) in [7, 11) is -1.06. The maximum atomic E-state index is 12.1. The van der Waals surface area contributed by atoms with Crippen LogP contribution in [0.15, 0.2) is 18.3 Å². The van der Waals surface area contributed by atoms with Crippen LogP contribution in [0.2, 0.25) is 0 Å². The first-order valence-electron chi connectivity index (χ1n) is 6.87. The van der Waals surface area contributed by atoms with E-state index in [0.717, 1.165) is 5.56 Å². The van der Waals surface area contributed by atoms with Crippen molar-refractivity contribution in [2.24, 2.45) is 0 Å². The van der Waals surface area contributed by atoms with Crippen LogP contribution in [0.4, 0.5) is 0 Å². The Kier molecular flexibility index (Phi) is 5.44. The molecule has 5 heteroatoms. The van der Waals surface area contributed by atoms with Crippen LogP contribution in [-0.4, -0.2) is 13.9 Å². The summed E-state index contributed by atoms with van der Waals surface area (Å²) in [6.45, 7) is 10.2. The lowest BCUT2D eigenvalue weighted by Crippen LogP contribution is -2.34. The van der Waals surface area contributed by atoms with Crippen molar-refractivity contribution in [1.82, 2.24) is 9.71 Å². The molecule has 0 unspecified atom stereocenters. The molecule has 0 saturated heterocycles. The molecule has 114 valence electrons. The molecule has 1 aromatic rings. The molecule has 1 aliphatic carbocycles. The first-order chi connectivity index (χ1) is 8.72. The van der Waals surface area contributed by atoms with Crippen LogP contribution in [0.3, 0.4) is 0 Å². The van der Waals surface area contributed by atoms with Crippen molar-refractivity contribution in [2.75, 3.05) is 0 Å². The standard InChI is InChI=1S/C15H24N2OS.H2S/c1-11(17-19(18)14(2,3)4)12-6-7-13(16-10-12)15(5)8-9-15;/h6-7,10-11,17H,8-9H2,1-5H3;1H2/t11-,19+;/m0./s1. The zero-order valence-corrected chi connectivity index (χ0v) is 14.8. The Hall–Kier alpha value is -0.390. The van der Waals surface area contributed by atoms with E-state index in [0.29, 0.717) is 5.41 Å². The van der Waals surface area contributed by atoms with Gasteiger partial charge < -0.3 is 0 Å². The van der Waals surface area contributed by atoms with Crippen LogP contribution in [0.1, 0.15) is 64.8 Å². The monoisotopic (exact) mass is 314 g/mol. The molecular weight excluding hydrogens is 288 g/mol. The lowest BCUT2D eigenvalue weighted by molar-refractivity contribution is 0.615. The van der Waals surface area contributed by atoms with Gasteiger partial charge in [0.15, 0.2) is 0 Å². The second-order valence-electron chi connectivity index (χ2n) is 6.76. The molecule has 0 bridgehead atoms. The van der Waals surface area contributed by atoms with Gasteiger partial charge in [-0.2, -0.15) is 13.5 Å². The number of aromatic nitrogens is 1. The summed E-state index contributed by atoms with van der Waals surface area (Å²) in [6, 6.07) is 4.26. The summed E-state index contributed by atoms with van der Waals surface area (Å²) in [5, 5.41) is 0. The molecule has 20 heavy (non-hydrogen) atoms. The first kappa shape index (κ1) is 17.7. The largest absolute Gasteiger partial charge is 0.260 e. The van der Waals surface area contributed by atoms with Gasteiger partial charge in [0.1, 0.15) is 0 Å². The van der Waals surface area contributed by atoms with Gasteiger partial charge in [0.05, 0.1) is 15.7 Å². The fourth-order valence-corrected chi connectivity index (χ4v) is 2.68. The summed E-state index contributed by atoms with van der Waals surface area (Å²) < 4.78 is 15.0. The molecule has 2 atom stereocenters. The molecule has 3 nitrogen and oxygen atoms in total. The molecule has 0 spiro atoms. The number of pyridine rings is 1. The van der Waals surface area contributed by atoms with Gasteiger partial charge >= 0.3 is 0 Å². The minimum absolute atomic E-state index is 0. The van der Waals surface area contributed by atoms with Crippen LogP contribution in [0, 0.1) is 0 Å². The zero-order chi connectivity index (χ0) is 14.3. The van der Waals surface area contributed by atoms with E-state index in [1.165, 1.54) is 18.5 Å². The maximum Gasteiger partial charge on any atom is 0.0975 e. The van der Waals surface area contributed by atoms with Crippen LogP contribution >= 0.6 is 13.5 Å². The third-order valence-corrected chi connectivity index (χ3v) is 5.42. The zero-order valence-electron chi connectivity index (χ0n) is 13.0. The quantitative estimate of drug-likeness (QED) is 0.926. The Morgan fingerprint density at radius 3 is 2.35 bits per heavy atom. The lowest BCUT2D eigenvalue weighted by Gasteiger charge is -2.22. The highest BCUT2D eigenvalue weighted by atomic mass is 32.2. The fraction of sp³-hybridized carbons (Fsp3) is 0.667. The number of nitrogens with zero attached hydrogens (tertiary/aromatic N) is 1. The highest BCUT2D eigenvalue weighted by Gasteiger charge is 2.40. The van der Waals surface area contributed by atoms with E-state index in [2.05, 4.69) is 28.8 Å². The Bertz CT molecular complexity index is 476. The smallest absolute Gasteiger partial charge is 0.0975 e. The van der Waals surface area contributed by atoms with Gasteiger partial charge in [-0.3, -0.25) is 4.98 Å². The highest BCUT2D eigenvalue weighted by Crippen LogP contribution is 2.46. The number of rotatable bonds is 4. The molecular formula is C15H26N2OS2. The van der Waals surface area contributed by atoms with Gasteiger partial charge in [0.2, 0.25) is 0 Å². The molecule has 2 rings (SSSR count). The van der Waals surface area contributed by atoms with Crippen molar-refractivity contribution in [2.45, 2.75) is 63.7 Å². The lowest BCUT2D eigenvalue weighted by atomic mass is 10.0. The molecule has 0 radical (unpaired) electrons. The average Bonchev–Trinajstić information content (AvgIpc) is 3.07. The molecule has 1 saturated carbocycles. The normalized spacial score (nSPS) is 19.9. The maximum absolute atomic E-state index is 12.1. The Morgan fingerprint density at radius 1 is 1.35 bits per heavy atom. The van der Waals surface area contributed by atoms with Gasteiger partial charge in [0, 0.05) is 23.3 Å². The molecule has 1 fully saturated rings. The predicted octanol–water partition coefficient (Wildman–Crippen LogP) is 3.36. The third kappa shape index (κ3) is 4.06. The minimum Gasteiger partial charge on any atom is -0.260 e. The summed E-state index contributed by atoms with van der Waals surface area (Å²) >= 11 is 0. The number of nitrogens with one attached hydrogen (secondary N) is 1. The SMILES string of the molecule is C[C@H](N[S@](=O)C(C)(C)C)c1ccc(C2(C)CC2)nc1.S. The van der Waals surface area contributed by atoms with Gasteiger partial charge in [-0.05, 0) is 52.2 Å². The van der Waals surface area contributed by atoms with E-state index in [9.17, 15) is 4.21 Å². The van der Waals surface area contributed by atoms with E-state index >= 15 is 0 Å². The van der Waals surface area contributed by atoms with E-state index < -0.39 is 11.0 Å². The Morgan fingerprint density at radius 2 is 1.95 bits per heavy atom. The average molecular weight is 315 g/mol. The van der Waals surface area contributed by atoms with Crippen LogP contribution in [-0.2, 0) is 16.4 Å². The molecule has 1 heterocycles. The summed E-state index contributed by atoms with van der Waals surface area (Å²) in [5.74, 6) is 0. The van der Waals surface area contributed by atoms with Crippen LogP contribution in [0.5, 0.6) is 0 Å². The number of hydrogen-bond acceptors (Lipinski definition) is 2. The Balaban J connectivity index is 0.00000200. The van der Waals surface area contributed by atoms with Crippen molar-refractivity contribution < 1.29 is 4.21 Å². The van der Waals surface area contributed by atoms with E-state index in [4.69, 9.17) is 0 Å². The van der Waals surface area contributed by atoms with Crippen molar-refractivity contribution >= 4 is 24.5 Å². The van der Waals surface area contributed by atoms with Crippen LogP contribution in [0.25, 0.3) is 0 Å². The van der Waals surface area contributed by atoms with Crippen molar-refractivity contribution in [3.63, 3.8) is 0 Å². The topological polar surface area (TPSA) is 42.0 Å². The van der Waals surface area contributed by atoms with Gasteiger partial charge in [0.25, 0.3) is 0 Å². The van der Waals surface area contributed by atoms with E-state index in [-0.39, 0.29) is 24.3 Å². The molecule has 1 N–H and O–H groups in total. The van der Waals surface area contributed by atoms with Crippen molar-refractivity contribution in [3.05, 3.63) is 29.6 Å². The molecule has 0 aliphatic heterocycles. The van der Waals surface area contributed by atoms with Crippen molar-refractivity contribution in [3.8, 4) is 0 Å². The van der Waals surface area contributed by atoms with E-state index in [1.807, 2.05) is 33.9 Å². The van der Waals surface area contributed by atoms with Gasteiger partial charge in [-0.15, -0.1) is 0 Å². The third-order valence-electron chi connectivity index (χ3n) is 3.74. The molecule has 0 amide bonds. The molecule has 1 aromatic heterocycles. The first-order valence-corrected chi connectivity index (χ1v) is 8.02. The molecule has 0 aromatic carbocycles. The second kappa shape index (κ2) is 6.16. The Labute approximate surface area is 132 Å².